The highest BCUT2D eigenvalue weighted by atomic mass is 16.5. The van der Waals surface area contributed by atoms with Crippen LogP contribution >= 0.6 is 0 Å². The topological polar surface area (TPSA) is 75.2 Å². The molecule has 0 saturated heterocycles. The van der Waals surface area contributed by atoms with Crippen molar-refractivity contribution < 1.29 is 4.74 Å². The zero-order valence-corrected chi connectivity index (χ0v) is 12.7. The lowest BCUT2D eigenvalue weighted by Crippen LogP contribution is -2.16. The number of aromatic nitrogens is 3. The summed E-state index contributed by atoms with van der Waals surface area (Å²) in [5, 5.41) is 6.13. The molecule has 1 aromatic heterocycles. The van der Waals surface area contributed by atoms with Gasteiger partial charge in [0.1, 0.15) is 5.75 Å². The third-order valence-corrected chi connectivity index (χ3v) is 2.83. The molecule has 0 amide bonds. The van der Waals surface area contributed by atoms with Crippen molar-refractivity contribution in [3.05, 3.63) is 29.8 Å². The van der Waals surface area contributed by atoms with Crippen LogP contribution in [-0.4, -0.2) is 43.2 Å². The molecule has 0 aliphatic carbocycles. The van der Waals surface area contributed by atoms with Crippen LogP contribution in [0.3, 0.4) is 0 Å². The van der Waals surface area contributed by atoms with Gasteiger partial charge in [0, 0.05) is 27.7 Å². The first-order valence-corrected chi connectivity index (χ1v) is 6.60. The van der Waals surface area contributed by atoms with E-state index in [1.807, 2.05) is 43.3 Å². The lowest BCUT2D eigenvalue weighted by Gasteiger charge is -2.13. The minimum atomic E-state index is 0.529. The minimum absolute atomic E-state index is 0.529. The van der Waals surface area contributed by atoms with Crippen LogP contribution in [0.2, 0.25) is 0 Å². The van der Waals surface area contributed by atoms with Gasteiger partial charge >= 0.3 is 0 Å². The molecule has 1 aromatic carbocycles. The van der Waals surface area contributed by atoms with Crippen molar-refractivity contribution in [3.63, 3.8) is 0 Å². The zero-order chi connectivity index (χ0) is 15.2. The molecule has 0 aliphatic heterocycles. The van der Waals surface area contributed by atoms with Gasteiger partial charge < -0.3 is 20.3 Å². The Balaban J connectivity index is 2.13. The van der Waals surface area contributed by atoms with E-state index in [1.54, 1.807) is 14.2 Å². The van der Waals surface area contributed by atoms with Gasteiger partial charge in [0.25, 0.3) is 0 Å². The van der Waals surface area contributed by atoms with Gasteiger partial charge in [-0.3, -0.25) is 0 Å². The quantitative estimate of drug-likeness (QED) is 0.836. The van der Waals surface area contributed by atoms with Gasteiger partial charge in [0.2, 0.25) is 17.8 Å². The number of hydrogen-bond acceptors (Lipinski definition) is 7. The van der Waals surface area contributed by atoms with E-state index < -0.39 is 0 Å². The fraction of sp³-hybridized carbons (Fsp3) is 0.357. The fourth-order valence-corrected chi connectivity index (χ4v) is 1.72. The van der Waals surface area contributed by atoms with E-state index in [-0.39, 0.29) is 0 Å². The number of rotatable bonds is 6. The van der Waals surface area contributed by atoms with Crippen LogP contribution in [0.15, 0.2) is 24.3 Å². The van der Waals surface area contributed by atoms with Crippen LogP contribution < -0.4 is 20.3 Å². The van der Waals surface area contributed by atoms with Crippen LogP contribution in [0.25, 0.3) is 0 Å². The average Bonchev–Trinajstić information content (AvgIpc) is 2.52. The van der Waals surface area contributed by atoms with Crippen molar-refractivity contribution in [1.29, 1.82) is 0 Å². The number of ether oxygens (including phenoxy) is 1. The summed E-state index contributed by atoms with van der Waals surface area (Å²) < 4.78 is 5.21. The van der Waals surface area contributed by atoms with Crippen molar-refractivity contribution in [3.8, 4) is 5.75 Å². The average molecular weight is 288 g/mol. The molecule has 0 fully saturated rings. The normalized spacial score (nSPS) is 10.1. The molecule has 2 rings (SSSR count). The number of benzene rings is 1. The van der Waals surface area contributed by atoms with Gasteiger partial charge in [-0.2, -0.15) is 15.0 Å². The predicted molar refractivity (Wildman–Crippen MR) is 84.0 cm³/mol. The Morgan fingerprint density at radius 1 is 1.14 bits per heavy atom. The van der Waals surface area contributed by atoms with Crippen LogP contribution in [0.4, 0.5) is 17.8 Å². The highest BCUT2D eigenvalue weighted by Crippen LogP contribution is 2.15. The van der Waals surface area contributed by atoms with Crippen molar-refractivity contribution in [2.75, 3.05) is 43.8 Å². The van der Waals surface area contributed by atoms with E-state index in [9.17, 15) is 0 Å². The summed E-state index contributed by atoms with van der Waals surface area (Å²) in [6.07, 6.45) is 0. The Hall–Kier alpha value is -2.57. The number of methoxy groups -OCH3 is 1. The molecule has 0 bridgehead atoms. The molecular weight excluding hydrogens is 268 g/mol. The second kappa shape index (κ2) is 6.74. The summed E-state index contributed by atoms with van der Waals surface area (Å²) in [7, 11) is 7.21. The Bertz CT molecular complexity index is 602. The molecular formula is C14H20N6O. The van der Waals surface area contributed by atoms with Crippen LogP contribution in [0, 0.1) is 0 Å². The molecule has 7 heteroatoms. The van der Waals surface area contributed by atoms with E-state index >= 15 is 0 Å². The van der Waals surface area contributed by atoms with Crippen LogP contribution in [0.1, 0.15) is 5.56 Å². The van der Waals surface area contributed by atoms with E-state index in [2.05, 4.69) is 25.6 Å². The van der Waals surface area contributed by atoms with Crippen molar-refractivity contribution in [2.45, 2.75) is 6.54 Å². The smallest absolute Gasteiger partial charge is 0.231 e. The SMILES string of the molecule is CNc1nc(NCc2cccc(OC)c2)nc(N(C)C)n1. The third kappa shape index (κ3) is 3.95. The summed E-state index contributed by atoms with van der Waals surface area (Å²) in [4.78, 5) is 14.7. The van der Waals surface area contributed by atoms with Gasteiger partial charge in [0.15, 0.2) is 0 Å². The minimum Gasteiger partial charge on any atom is -0.497 e. The molecule has 0 unspecified atom stereocenters. The summed E-state index contributed by atoms with van der Waals surface area (Å²) in [6, 6.07) is 7.85. The first-order valence-electron chi connectivity index (χ1n) is 6.60. The number of nitrogens with one attached hydrogen (secondary N) is 2. The van der Waals surface area contributed by atoms with Gasteiger partial charge in [-0.25, -0.2) is 0 Å². The highest BCUT2D eigenvalue weighted by molar-refractivity contribution is 5.43. The Morgan fingerprint density at radius 3 is 2.57 bits per heavy atom. The van der Waals surface area contributed by atoms with Gasteiger partial charge in [0.05, 0.1) is 7.11 Å². The molecule has 112 valence electrons. The first-order chi connectivity index (χ1) is 10.1. The summed E-state index contributed by atoms with van der Waals surface area (Å²) >= 11 is 0. The van der Waals surface area contributed by atoms with E-state index in [4.69, 9.17) is 4.74 Å². The number of anilines is 3. The summed E-state index contributed by atoms with van der Waals surface area (Å²) in [6.45, 7) is 0.608. The third-order valence-electron chi connectivity index (χ3n) is 2.83. The number of hydrogen-bond donors (Lipinski definition) is 2. The van der Waals surface area contributed by atoms with Crippen molar-refractivity contribution >= 4 is 17.8 Å². The molecule has 0 spiro atoms. The lowest BCUT2D eigenvalue weighted by atomic mass is 10.2. The second-order valence-electron chi connectivity index (χ2n) is 4.63. The van der Waals surface area contributed by atoms with Crippen LogP contribution in [-0.2, 0) is 6.54 Å². The predicted octanol–water partition coefficient (Wildman–Crippen LogP) is 1.60. The Morgan fingerprint density at radius 2 is 1.90 bits per heavy atom. The summed E-state index contributed by atoms with van der Waals surface area (Å²) in [5.41, 5.74) is 1.09. The molecule has 2 N–H and O–H groups in total. The second-order valence-corrected chi connectivity index (χ2v) is 4.63. The van der Waals surface area contributed by atoms with Crippen molar-refractivity contribution in [2.24, 2.45) is 0 Å². The molecule has 2 aromatic rings. The maximum Gasteiger partial charge on any atom is 0.231 e. The maximum absolute atomic E-state index is 5.21. The molecule has 0 atom stereocenters. The van der Waals surface area contributed by atoms with Crippen molar-refractivity contribution in [1.82, 2.24) is 15.0 Å². The largest absolute Gasteiger partial charge is 0.497 e. The summed E-state index contributed by atoms with van der Waals surface area (Å²) in [5.74, 6) is 2.49. The van der Waals surface area contributed by atoms with E-state index in [0.29, 0.717) is 24.4 Å². The Labute approximate surface area is 124 Å². The maximum atomic E-state index is 5.21. The van der Waals surface area contributed by atoms with Crippen LogP contribution in [0.5, 0.6) is 5.75 Å². The monoisotopic (exact) mass is 288 g/mol. The molecule has 7 nitrogen and oxygen atoms in total. The first kappa shape index (κ1) is 14.8. The molecule has 1 heterocycles. The molecule has 21 heavy (non-hydrogen) atoms. The lowest BCUT2D eigenvalue weighted by molar-refractivity contribution is 0.414. The molecule has 0 aliphatic rings. The van der Waals surface area contributed by atoms with E-state index in [0.717, 1.165) is 11.3 Å². The molecule has 0 saturated carbocycles. The molecule has 0 radical (unpaired) electrons. The number of nitrogens with zero attached hydrogens (tertiary/aromatic N) is 4. The standard InChI is InChI=1S/C14H20N6O/c1-15-12-17-13(19-14(18-12)20(2)3)16-9-10-6-5-7-11(8-10)21-4/h5-8H,9H2,1-4H3,(H2,15,16,17,18,19). The zero-order valence-electron chi connectivity index (χ0n) is 12.7. The van der Waals surface area contributed by atoms with Gasteiger partial charge in [-0.05, 0) is 17.7 Å². The Kier molecular flexibility index (Phi) is 4.76. The van der Waals surface area contributed by atoms with Gasteiger partial charge in [-0.1, -0.05) is 12.1 Å². The van der Waals surface area contributed by atoms with Gasteiger partial charge in [-0.15, -0.1) is 0 Å². The highest BCUT2D eigenvalue weighted by Gasteiger charge is 2.07. The fourth-order valence-electron chi connectivity index (χ4n) is 1.72. The van der Waals surface area contributed by atoms with E-state index in [1.165, 1.54) is 0 Å².